The number of alkyl halides is 3. The number of aryl methyl sites for hydroxylation is 3. The van der Waals surface area contributed by atoms with Crippen molar-refractivity contribution in [3.8, 4) is 5.75 Å². The van der Waals surface area contributed by atoms with Crippen molar-refractivity contribution < 1.29 is 23.0 Å². The van der Waals surface area contributed by atoms with Crippen LogP contribution in [0.15, 0.2) is 36.4 Å². The largest absolute Gasteiger partial charge is 0.490 e. The Morgan fingerprint density at radius 3 is 2.23 bits per heavy atom. The van der Waals surface area contributed by atoms with Gasteiger partial charge in [0, 0.05) is 38.4 Å². The zero-order chi connectivity index (χ0) is 21.9. The number of aliphatic hydroxyl groups is 1. The number of anilines is 1. The molecule has 2 aromatic rings. The maximum Gasteiger partial charge on any atom is 0.416 e. The fourth-order valence-corrected chi connectivity index (χ4v) is 3.99. The zero-order valence-electron chi connectivity index (χ0n) is 17.7. The lowest BCUT2D eigenvalue weighted by Gasteiger charge is -2.37. The van der Waals surface area contributed by atoms with Crippen LogP contribution in [0.3, 0.4) is 0 Å². The van der Waals surface area contributed by atoms with E-state index in [1.807, 2.05) is 25.7 Å². The Bertz CT molecular complexity index is 839. The number of β-amino-alcohol motifs (C(OH)–C–C–N with tert-alkyl or cyclic N) is 1. The third-order valence-corrected chi connectivity index (χ3v) is 5.40. The van der Waals surface area contributed by atoms with E-state index >= 15 is 0 Å². The smallest absolute Gasteiger partial charge is 0.416 e. The second-order valence-electron chi connectivity index (χ2n) is 8.03. The molecular formula is C23H29F3N2O2. The Balaban J connectivity index is 1.49. The molecule has 1 aliphatic heterocycles. The van der Waals surface area contributed by atoms with Crippen molar-refractivity contribution in [1.29, 1.82) is 0 Å². The van der Waals surface area contributed by atoms with E-state index in [0.717, 1.165) is 22.9 Å². The van der Waals surface area contributed by atoms with Crippen molar-refractivity contribution >= 4 is 5.69 Å². The molecule has 1 N–H and O–H groups in total. The van der Waals surface area contributed by atoms with Crippen LogP contribution in [-0.4, -0.2) is 55.4 Å². The first-order valence-corrected chi connectivity index (χ1v) is 10.2. The third-order valence-electron chi connectivity index (χ3n) is 5.40. The Labute approximate surface area is 175 Å². The zero-order valence-corrected chi connectivity index (χ0v) is 17.7. The number of rotatable bonds is 6. The molecule has 1 aliphatic rings. The van der Waals surface area contributed by atoms with Crippen LogP contribution in [0.25, 0.3) is 0 Å². The summed E-state index contributed by atoms with van der Waals surface area (Å²) in [5.41, 5.74) is 3.23. The van der Waals surface area contributed by atoms with E-state index in [1.54, 1.807) is 6.07 Å². The number of ether oxygens (including phenoxy) is 1. The van der Waals surface area contributed by atoms with Crippen LogP contribution in [-0.2, 0) is 6.18 Å². The maximum atomic E-state index is 12.9. The highest BCUT2D eigenvalue weighted by Crippen LogP contribution is 2.32. The summed E-state index contributed by atoms with van der Waals surface area (Å²) < 4.78 is 44.7. The molecule has 1 heterocycles. The molecule has 7 heteroatoms. The highest BCUT2D eigenvalue weighted by molar-refractivity contribution is 5.49. The van der Waals surface area contributed by atoms with Gasteiger partial charge in [-0.05, 0) is 50.1 Å². The summed E-state index contributed by atoms with van der Waals surface area (Å²) in [7, 11) is 0. The number of aliphatic hydroxyl groups excluding tert-OH is 1. The molecule has 0 radical (unpaired) electrons. The van der Waals surface area contributed by atoms with Gasteiger partial charge in [0.15, 0.2) is 0 Å². The van der Waals surface area contributed by atoms with Gasteiger partial charge < -0.3 is 14.7 Å². The number of hydrogen-bond donors (Lipinski definition) is 1. The Kier molecular flexibility index (Phi) is 6.93. The van der Waals surface area contributed by atoms with E-state index in [1.165, 1.54) is 17.7 Å². The Hall–Kier alpha value is -2.25. The summed E-state index contributed by atoms with van der Waals surface area (Å²) in [6.07, 6.45) is -4.97. The van der Waals surface area contributed by atoms with E-state index < -0.39 is 17.8 Å². The summed E-state index contributed by atoms with van der Waals surface area (Å²) in [6.45, 7) is 9.29. The second-order valence-corrected chi connectivity index (χ2v) is 8.03. The number of piperazine rings is 1. The van der Waals surface area contributed by atoms with Crippen LogP contribution >= 0.6 is 0 Å². The third kappa shape index (κ3) is 5.67. The standard InChI is InChI=1S/C23H29F3N2O2/c1-16-11-17(2)22(18(3)12-16)30-15-21(29)14-27-7-9-28(10-8-27)20-6-4-5-19(13-20)23(24,25)26/h4-6,11-13,21,29H,7-10,14-15H2,1-3H3/t21-/m1/s1. The van der Waals surface area contributed by atoms with E-state index in [9.17, 15) is 18.3 Å². The predicted octanol–water partition coefficient (Wildman–Crippen LogP) is 4.19. The van der Waals surface area contributed by atoms with Gasteiger partial charge in [-0.15, -0.1) is 0 Å². The fourth-order valence-electron chi connectivity index (χ4n) is 3.99. The van der Waals surface area contributed by atoms with Crippen molar-refractivity contribution in [2.45, 2.75) is 33.1 Å². The average molecular weight is 422 g/mol. The van der Waals surface area contributed by atoms with Crippen LogP contribution in [0, 0.1) is 20.8 Å². The molecular weight excluding hydrogens is 393 g/mol. The van der Waals surface area contributed by atoms with Crippen LogP contribution in [0.1, 0.15) is 22.3 Å². The lowest BCUT2D eigenvalue weighted by atomic mass is 10.1. The lowest BCUT2D eigenvalue weighted by molar-refractivity contribution is -0.137. The van der Waals surface area contributed by atoms with Crippen molar-refractivity contribution in [3.63, 3.8) is 0 Å². The summed E-state index contributed by atoms with van der Waals surface area (Å²) in [5, 5.41) is 10.4. The molecule has 0 aliphatic carbocycles. The quantitative estimate of drug-likeness (QED) is 0.757. The van der Waals surface area contributed by atoms with Gasteiger partial charge in [-0.3, -0.25) is 4.90 Å². The highest BCUT2D eigenvalue weighted by Gasteiger charge is 2.31. The Morgan fingerprint density at radius 1 is 1.00 bits per heavy atom. The van der Waals surface area contributed by atoms with E-state index in [2.05, 4.69) is 17.0 Å². The molecule has 4 nitrogen and oxygen atoms in total. The molecule has 2 aromatic carbocycles. The first kappa shape index (κ1) is 22.4. The van der Waals surface area contributed by atoms with Gasteiger partial charge in [-0.1, -0.05) is 23.8 Å². The van der Waals surface area contributed by atoms with Crippen molar-refractivity contribution in [2.24, 2.45) is 0 Å². The first-order chi connectivity index (χ1) is 14.1. The lowest BCUT2D eigenvalue weighted by Crippen LogP contribution is -2.49. The summed E-state index contributed by atoms with van der Waals surface area (Å²) in [4.78, 5) is 4.07. The summed E-state index contributed by atoms with van der Waals surface area (Å²) in [6, 6.07) is 9.56. The Morgan fingerprint density at radius 2 is 1.63 bits per heavy atom. The van der Waals surface area contributed by atoms with Gasteiger partial charge in [-0.25, -0.2) is 0 Å². The van der Waals surface area contributed by atoms with Gasteiger partial charge in [0.1, 0.15) is 18.5 Å². The molecule has 1 saturated heterocycles. The minimum Gasteiger partial charge on any atom is -0.490 e. The average Bonchev–Trinajstić information content (AvgIpc) is 2.67. The maximum absolute atomic E-state index is 12.9. The number of hydrogen-bond acceptors (Lipinski definition) is 4. The second kappa shape index (κ2) is 9.27. The number of benzene rings is 2. The van der Waals surface area contributed by atoms with Crippen LogP contribution in [0.5, 0.6) is 5.75 Å². The van der Waals surface area contributed by atoms with Crippen LogP contribution in [0.2, 0.25) is 0 Å². The summed E-state index contributed by atoms with van der Waals surface area (Å²) >= 11 is 0. The molecule has 3 rings (SSSR count). The molecule has 0 aromatic heterocycles. The number of nitrogens with zero attached hydrogens (tertiary/aromatic N) is 2. The van der Waals surface area contributed by atoms with E-state index in [-0.39, 0.29) is 6.61 Å². The van der Waals surface area contributed by atoms with Gasteiger partial charge in [0.25, 0.3) is 0 Å². The predicted molar refractivity (Wildman–Crippen MR) is 112 cm³/mol. The molecule has 0 amide bonds. The highest BCUT2D eigenvalue weighted by atomic mass is 19.4. The molecule has 0 bridgehead atoms. The van der Waals surface area contributed by atoms with Crippen molar-refractivity contribution in [2.75, 3.05) is 44.2 Å². The monoisotopic (exact) mass is 422 g/mol. The topological polar surface area (TPSA) is 35.9 Å². The fraction of sp³-hybridized carbons (Fsp3) is 0.478. The normalized spacial score (nSPS) is 16.6. The van der Waals surface area contributed by atoms with Gasteiger partial charge in [-0.2, -0.15) is 13.2 Å². The molecule has 30 heavy (non-hydrogen) atoms. The minimum absolute atomic E-state index is 0.207. The molecule has 0 unspecified atom stereocenters. The number of halogens is 3. The molecule has 164 valence electrons. The van der Waals surface area contributed by atoms with Gasteiger partial charge in [0.05, 0.1) is 5.56 Å². The SMILES string of the molecule is Cc1cc(C)c(OC[C@H](O)CN2CCN(c3cccc(C(F)(F)F)c3)CC2)c(C)c1. The molecule has 0 spiro atoms. The van der Waals surface area contributed by atoms with Crippen LogP contribution in [0.4, 0.5) is 18.9 Å². The van der Waals surface area contributed by atoms with Gasteiger partial charge in [0.2, 0.25) is 0 Å². The molecule has 0 saturated carbocycles. The summed E-state index contributed by atoms with van der Waals surface area (Å²) in [5.74, 6) is 0.814. The van der Waals surface area contributed by atoms with E-state index in [0.29, 0.717) is 38.4 Å². The van der Waals surface area contributed by atoms with E-state index in [4.69, 9.17) is 4.74 Å². The van der Waals surface area contributed by atoms with Crippen molar-refractivity contribution in [1.82, 2.24) is 4.90 Å². The molecule has 1 fully saturated rings. The minimum atomic E-state index is -4.34. The van der Waals surface area contributed by atoms with Crippen molar-refractivity contribution in [3.05, 3.63) is 58.7 Å². The van der Waals surface area contributed by atoms with Crippen LogP contribution < -0.4 is 9.64 Å². The molecule has 1 atom stereocenters. The first-order valence-electron chi connectivity index (χ1n) is 10.2. The van der Waals surface area contributed by atoms with Gasteiger partial charge >= 0.3 is 6.18 Å².